The second-order valence-electron chi connectivity index (χ2n) is 8.29. The maximum absolute atomic E-state index is 13.2. The molecule has 2 aromatic carbocycles. The van der Waals surface area contributed by atoms with Crippen LogP contribution in [0.25, 0.3) is 0 Å². The molecule has 2 amide bonds. The Labute approximate surface area is 206 Å². The molecule has 2 aromatic heterocycles. The van der Waals surface area contributed by atoms with Crippen molar-refractivity contribution in [2.45, 2.75) is 19.4 Å². The highest BCUT2D eigenvalue weighted by Gasteiger charge is 2.23. The average molecular weight is 490 g/mol. The molecule has 178 valence electrons. The SMILES string of the molecule is O=C(CN1CCCc2c(NC(=O)c3ccc(F)cc3)cccc21)Nc1ccnn1Cc1cccs1. The number of thiophene rings is 1. The molecule has 1 aliphatic rings. The van der Waals surface area contributed by atoms with Crippen LogP contribution in [0.1, 0.15) is 27.2 Å². The molecule has 4 aromatic rings. The normalized spacial score (nSPS) is 12.8. The number of aromatic nitrogens is 2. The van der Waals surface area contributed by atoms with Crippen LogP contribution in [0.4, 0.5) is 21.6 Å². The highest BCUT2D eigenvalue weighted by molar-refractivity contribution is 7.09. The summed E-state index contributed by atoms with van der Waals surface area (Å²) in [5, 5.41) is 12.3. The third-order valence-corrected chi connectivity index (χ3v) is 6.77. The highest BCUT2D eigenvalue weighted by Crippen LogP contribution is 2.33. The number of fused-ring (bicyclic) bond motifs is 1. The monoisotopic (exact) mass is 489 g/mol. The van der Waals surface area contributed by atoms with Gasteiger partial charge in [-0.2, -0.15) is 5.10 Å². The van der Waals surface area contributed by atoms with E-state index >= 15 is 0 Å². The molecule has 5 rings (SSSR count). The Morgan fingerprint density at radius 2 is 1.89 bits per heavy atom. The number of nitrogens with one attached hydrogen (secondary N) is 2. The predicted molar refractivity (Wildman–Crippen MR) is 136 cm³/mol. The van der Waals surface area contributed by atoms with E-state index in [4.69, 9.17) is 0 Å². The number of rotatable bonds is 7. The Balaban J connectivity index is 1.28. The molecule has 9 heteroatoms. The standard InChI is InChI=1S/C26H24FN5O2S/c27-19-10-8-18(9-11-19)26(34)29-22-6-1-7-23-21(22)5-2-14-31(23)17-25(33)30-24-12-13-28-32(24)16-20-4-3-15-35-20/h1,3-4,6-13,15H,2,5,14,16-17H2,(H,29,34)(H,30,33). The Hall–Kier alpha value is -3.98. The molecule has 0 spiro atoms. The van der Waals surface area contributed by atoms with Gasteiger partial charge in [0.25, 0.3) is 5.91 Å². The van der Waals surface area contributed by atoms with Gasteiger partial charge in [-0.05, 0) is 66.2 Å². The van der Waals surface area contributed by atoms with E-state index in [0.717, 1.165) is 35.5 Å². The number of hydrogen-bond donors (Lipinski definition) is 2. The van der Waals surface area contributed by atoms with Crippen LogP contribution >= 0.6 is 11.3 Å². The first-order valence-electron chi connectivity index (χ1n) is 11.3. The summed E-state index contributed by atoms with van der Waals surface area (Å²) in [5.74, 6) is -0.165. The molecule has 7 nitrogen and oxygen atoms in total. The van der Waals surface area contributed by atoms with E-state index in [0.29, 0.717) is 23.6 Å². The third-order valence-electron chi connectivity index (χ3n) is 5.91. The first-order valence-corrected chi connectivity index (χ1v) is 12.2. The highest BCUT2D eigenvalue weighted by atomic mass is 32.1. The smallest absolute Gasteiger partial charge is 0.255 e. The van der Waals surface area contributed by atoms with Gasteiger partial charge in [-0.3, -0.25) is 9.59 Å². The van der Waals surface area contributed by atoms with Gasteiger partial charge in [-0.15, -0.1) is 11.3 Å². The number of halogens is 1. The second kappa shape index (κ2) is 10.1. The van der Waals surface area contributed by atoms with Gasteiger partial charge in [0.15, 0.2) is 0 Å². The van der Waals surface area contributed by atoms with Gasteiger partial charge in [0.1, 0.15) is 11.6 Å². The van der Waals surface area contributed by atoms with Crippen LogP contribution in [0.2, 0.25) is 0 Å². The largest absolute Gasteiger partial charge is 0.362 e. The molecule has 0 aliphatic carbocycles. The molecule has 35 heavy (non-hydrogen) atoms. The van der Waals surface area contributed by atoms with Crippen molar-refractivity contribution in [3.8, 4) is 0 Å². The van der Waals surface area contributed by atoms with E-state index in [1.54, 1.807) is 28.3 Å². The lowest BCUT2D eigenvalue weighted by atomic mass is 9.99. The van der Waals surface area contributed by atoms with Crippen LogP contribution in [0.3, 0.4) is 0 Å². The van der Waals surface area contributed by atoms with Crippen LogP contribution in [-0.4, -0.2) is 34.7 Å². The van der Waals surface area contributed by atoms with E-state index in [2.05, 4.69) is 15.7 Å². The van der Waals surface area contributed by atoms with E-state index in [-0.39, 0.29) is 24.2 Å². The predicted octanol–water partition coefficient (Wildman–Crippen LogP) is 4.78. The number of amides is 2. The van der Waals surface area contributed by atoms with Gasteiger partial charge in [-0.25, -0.2) is 9.07 Å². The van der Waals surface area contributed by atoms with Gasteiger partial charge in [0, 0.05) is 34.4 Å². The van der Waals surface area contributed by atoms with Gasteiger partial charge in [-0.1, -0.05) is 12.1 Å². The number of benzene rings is 2. The summed E-state index contributed by atoms with van der Waals surface area (Å²) in [4.78, 5) is 28.8. The molecule has 0 saturated heterocycles. The van der Waals surface area contributed by atoms with Gasteiger partial charge in [0.2, 0.25) is 5.91 Å². The lowest BCUT2D eigenvalue weighted by molar-refractivity contribution is -0.115. The van der Waals surface area contributed by atoms with Crippen molar-refractivity contribution in [2.75, 3.05) is 28.6 Å². The minimum Gasteiger partial charge on any atom is -0.362 e. The molecule has 1 aliphatic heterocycles. The number of carbonyl (C=O) groups excluding carboxylic acids is 2. The number of hydrogen-bond acceptors (Lipinski definition) is 5. The summed E-state index contributed by atoms with van der Waals surface area (Å²) in [6, 6.07) is 17.0. The van der Waals surface area contributed by atoms with Crippen molar-refractivity contribution in [3.05, 3.63) is 94.1 Å². The van der Waals surface area contributed by atoms with Crippen molar-refractivity contribution in [1.29, 1.82) is 0 Å². The van der Waals surface area contributed by atoms with Crippen LogP contribution in [0.5, 0.6) is 0 Å². The minimum absolute atomic E-state index is 0.133. The third kappa shape index (κ3) is 5.25. The molecule has 0 radical (unpaired) electrons. The van der Waals surface area contributed by atoms with Gasteiger partial charge in [0.05, 0.1) is 19.3 Å². The maximum Gasteiger partial charge on any atom is 0.255 e. The summed E-state index contributed by atoms with van der Waals surface area (Å²) >= 11 is 1.65. The Bertz CT molecular complexity index is 1330. The topological polar surface area (TPSA) is 79.3 Å². The van der Waals surface area contributed by atoms with Crippen molar-refractivity contribution in [1.82, 2.24) is 9.78 Å². The first kappa shape index (κ1) is 22.8. The molecule has 0 atom stereocenters. The van der Waals surface area contributed by atoms with Crippen molar-refractivity contribution in [2.24, 2.45) is 0 Å². The summed E-state index contributed by atoms with van der Waals surface area (Å²) in [6.07, 6.45) is 3.33. The zero-order valence-corrected chi connectivity index (χ0v) is 19.7. The first-order chi connectivity index (χ1) is 17.1. The van der Waals surface area contributed by atoms with E-state index in [1.165, 1.54) is 24.3 Å². The fraction of sp³-hybridized carbons (Fsp3) is 0.192. The molecule has 0 bridgehead atoms. The zero-order chi connectivity index (χ0) is 24.2. The Morgan fingerprint density at radius 1 is 1.03 bits per heavy atom. The molecule has 0 saturated carbocycles. The van der Waals surface area contributed by atoms with Gasteiger partial charge < -0.3 is 15.5 Å². The summed E-state index contributed by atoms with van der Waals surface area (Å²) < 4.78 is 15.0. The van der Waals surface area contributed by atoms with E-state index in [9.17, 15) is 14.0 Å². The number of anilines is 3. The van der Waals surface area contributed by atoms with Crippen LogP contribution in [0.15, 0.2) is 72.2 Å². The summed E-state index contributed by atoms with van der Waals surface area (Å²) in [5.41, 5.74) is 3.01. The van der Waals surface area contributed by atoms with E-state index in [1.807, 2.05) is 40.6 Å². The number of carbonyl (C=O) groups is 2. The van der Waals surface area contributed by atoms with Gasteiger partial charge >= 0.3 is 0 Å². The zero-order valence-electron chi connectivity index (χ0n) is 18.9. The fourth-order valence-corrected chi connectivity index (χ4v) is 4.93. The van der Waals surface area contributed by atoms with Crippen LogP contribution < -0.4 is 15.5 Å². The summed E-state index contributed by atoms with van der Waals surface area (Å²) in [6.45, 7) is 1.53. The molecule has 3 heterocycles. The molecule has 0 fully saturated rings. The van der Waals surface area contributed by atoms with Crippen molar-refractivity contribution in [3.63, 3.8) is 0 Å². The van der Waals surface area contributed by atoms with Crippen LogP contribution in [0, 0.1) is 5.82 Å². The average Bonchev–Trinajstić information content (AvgIpc) is 3.53. The fourth-order valence-electron chi connectivity index (χ4n) is 4.25. The van der Waals surface area contributed by atoms with Crippen LogP contribution in [-0.2, 0) is 17.8 Å². The Kier molecular flexibility index (Phi) is 6.58. The molecular formula is C26H24FN5O2S. The maximum atomic E-state index is 13.2. The molecule has 0 unspecified atom stereocenters. The lowest BCUT2D eigenvalue weighted by Gasteiger charge is -2.32. The Morgan fingerprint density at radius 3 is 2.69 bits per heavy atom. The molecule has 2 N–H and O–H groups in total. The van der Waals surface area contributed by atoms with Crippen molar-refractivity contribution < 1.29 is 14.0 Å². The summed E-state index contributed by atoms with van der Waals surface area (Å²) in [7, 11) is 0. The van der Waals surface area contributed by atoms with E-state index < -0.39 is 0 Å². The lowest BCUT2D eigenvalue weighted by Crippen LogP contribution is -2.37. The molecular weight excluding hydrogens is 465 g/mol. The quantitative estimate of drug-likeness (QED) is 0.392. The number of nitrogens with zero attached hydrogens (tertiary/aromatic N) is 3. The second-order valence-corrected chi connectivity index (χ2v) is 9.32. The van der Waals surface area contributed by atoms with Crippen molar-refractivity contribution >= 4 is 40.3 Å². The minimum atomic E-state index is -0.387.